The third-order valence-corrected chi connectivity index (χ3v) is 5.20. The summed E-state index contributed by atoms with van der Waals surface area (Å²) in [6, 6.07) is 21.2. The number of rotatable bonds is 6. The topological polar surface area (TPSA) is 86.6 Å². The van der Waals surface area contributed by atoms with Crippen molar-refractivity contribution in [3.05, 3.63) is 102 Å². The summed E-state index contributed by atoms with van der Waals surface area (Å²) >= 11 is 0. The van der Waals surface area contributed by atoms with Crippen molar-refractivity contribution in [1.29, 1.82) is 0 Å². The van der Waals surface area contributed by atoms with Crippen LogP contribution in [-0.2, 0) is 13.0 Å². The van der Waals surface area contributed by atoms with Gasteiger partial charge >= 0.3 is 0 Å². The normalized spacial score (nSPS) is 10.7. The van der Waals surface area contributed by atoms with E-state index in [9.17, 15) is 15.0 Å². The van der Waals surface area contributed by atoms with E-state index in [1.807, 2.05) is 61.5 Å². The molecule has 0 spiro atoms. The molecule has 0 saturated carbocycles. The number of aromatic nitrogens is 2. The summed E-state index contributed by atoms with van der Waals surface area (Å²) in [7, 11) is 0. The van der Waals surface area contributed by atoms with Crippen LogP contribution in [0.2, 0.25) is 0 Å². The Morgan fingerprint density at radius 1 is 0.906 bits per heavy atom. The lowest BCUT2D eigenvalue weighted by atomic mass is 10.1. The van der Waals surface area contributed by atoms with Gasteiger partial charge in [0.1, 0.15) is 11.5 Å². The molecule has 0 aliphatic rings. The third kappa shape index (κ3) is 4.44. The Bertz CT molecular complexity index is 1220. The summed E-state index contributed by atoms with van der Waals surface area (Å²) in [5.74, 6) is -0.738. The van der Waals surface area contributed by atoms with Crippen LogP contribution in [0.4, 0.5) is 5.69 Å². The highest BCUT2D eigenvalue weighted by atomic mass is 16.3. The van der Waals surface area contributed by atoms with Gasteiger partial charge in [-0.3, -0.25) is 14.8 Å². The summed E-state index contributed by atoms with van der Waals surface area (Å²) in [6.07, 6.45) is 4.12. The molecule has 0 atom stereocenters. The Morgan fingerprint density at radius 3 is 2.31 bits per heavy atom. The van der Waals surface area contributed by atoms with E-state index >= 15 is 0 Å². The molecule has 1 heterocycles. The van der Waals surface area contributed by atoms with Crippen molar-refractivity contribution in [3.8, 4) is 22.8 Å². The predicted octanol–water partition coefficient (Wildman–Crippen LogP) is 4.96. The highest BCUT2D eigenvalue weighted by Crippen LogP contribution is 2.29. The van der Waals surface area contributed by atoms with Crippen LogP contribution >= 0.6 is 0 Å². The van der Waals surface area contributed by atoms with E-state index in [1.54, 1.807) is 17.3 Å². The Labute approximate surface area is 186 Å². The molecule has 0 radical (unpaired) electrons. The smallest absolute Gasteiger partial charge is 0.262 e. The lowest BCUT2D eigenvalue weighted by Gasteiger charge is -2.24. The van der Waals surface area contributed by atoms with Gasteiger partial charge in [-0.15, -0.1) is 0 Å². The molecule has 0 unspecified atom stereocenters. The van der Waals surface area contributed by atoms with Crippen LogP contribution in [0.5, 0.6) is 11.5 Å². The fourth-order valence-electron chi connectivity index (χ4n) is 3.56. The van der Waals surface area contributed by atoms with Crippen LogP contribution in [-0.4, -0.2) is 26.1 Å². The van der Waals surface area contributed by atoms with Crippen LogP contribution in [0.1, 0.15) is 28.5 Å². The quantitative estimate of drug-likeness (QED) is 0.456. The van der Waals surface area contributed by atoms with E-state index < -0.39 is 0 Å². The van der Waals surface area contributed by atoms with Crippen LogP contribution < -0.4 is 4.90 Å². The number of carbonyl (C=O) groups excluding carboxylic acids is 1. The first-order valence-corrected chi connectivity index (χ1v) is 10.3. The van der Waals surface area contributed by atoms with E-state index in [2.05, 4.69) is 9.97 Å². The number of nitrogens with zero attached hydrogens (tertiary/aromatic N) is 3. The summed E-state index contributed by atoms with van der Waals surface area (Å²) in [5, 5.41) is 19.8. The number of benzene rings is 3. The summed E-state index contributed by atoms with van der Waals surface area (Å²) in [4.78, 5) is 23.9. The van der Waals surface area contributed by atoms with E-state index in [0.29, 0.717) is 12.2 Å². The molecule has 32 heavy (non-hydrogen) atoms. The van der Waals surface area contributed by atoms with Crippen LogP contribution in [0.25, 0.3) is 11.3 Å². The second-order valence-corrected chi connectivity index (χ2v) is 7.33. The Kier molecular flexibility index (Phi) is 6.12. The van der Waals surface area contributed by atoms with E-state index in [0.717, 1.165) is 35.0 Å². The monoisotopic (exact) mass is 425 g/mol. The first-order valence-electron chi connectivity index (χ1n) is 10.3. The molecule has 3 aromatic carbocycles. The van der Waals surface area contributed by atoms with Gasteiger partial charge in [-0.25, -0.2) is 0 Å². The SMILES string of the molecule is CCc1nccnc1-c1ccc(N(Cc2ccccc2)C(=O)c2ccc(O)cc2O)cc1. The average molecular weight is 425 g/mol. The van der Waals surface area contributed by atoms with Gasteiger partial charge in [-0.05, 0) is 36.2 Å². The van der Waals surface area contributed by atoms with Gasteiger partial charge in [-0.1, -0.05) is 49.4 Å². The molecule has 6 heteroatoms. The lowest BCUT2D eigenvalue weighted by Crippen LogP contribution is -2.30. The molecular weight excluding hydrogens is 402 g/mol. The highest BCUT2D eigenvalue weighted by molar-refractivity contribution is 6.08. The lowest BCUT2D eigenvalue weighted by molar-refractivity contribution is 0.0982. The maximum absolute atomic E-state index is 13.4. The number of amides is 1. The number of aryl methyl sites for hydroxylation is 1. The fourth-order valence-corrected chi connectivity index (χ4v) is 3.56. The van der Waals surface area contributed by atoms with Gasteiger partial charge in [0.25, 0.3) is 5.91 Å². The predicted molar refractivity (Wildman–Crippen MR) is 124 cm³/mol. The minimum absolute atomic E-state index is 0.103. The largest absolute Gasteiger partial charge is 0.508 e. The van der Waals surface area contributed by atoms with Crippen molar-refractivity contribution in [1.82, 2.24) is 9.97 Å². The van der Waals surface area contributed by atoms with Crippen LogP contribution in [0.15, 0.2) is 85.2 Å². The van der Waals surface area contributed by atoms with Crippen molar-refractivity contribution in [2.24, 2.45) is 0 Å². The van der Waals surface area contributed by atoms with E-state index in [-0.39, 0.29) is 23.0 Å². The maximum Gasteiger partial charge on any atom is 0.262 e. The van der Waals surface area contributed by atoms with E-state index in [1.165, 1.54) is 12.1 Å². The minimum atomic E-state index is -0.368. The van der Waals surface area contributed by atoms with Crippen molar-refractivity contribution in [2.75, 3.05) is 4.90 Å². The number of hydrogen-bond acceptors (Lipinski definition) is 5. The molecule has 1 aromatic heterocycles. The molecule has 0 aliphatic heterocycles. The van der Waals surface area contributed by atoms with Crippen LogP contribution in [0.3, 0.4) is 0 Å². The molecular formula is C26H23N3O3. The van der Waals surface area contributed by atoms with Crippen molar-refractivity contribution in [3.63, 3.8) is 0 Å². The maximum atomic E-state index is 13.4. The molecule has 4 rings (SSSR count). The number of hydrogen-bond donors (Lipinski definition) is 2. The van der Waals surface area contributed by atoms with Crippen LogP contribution in [0, 0.1) is 0 Å². The summed E-state index contributed by atoms with van der Waals surface area (Å²) < 4.78 is 0. The zero-order valence-electron chi connectivity index (χ0n) is 17.6. The second-order valence-electron chi connectivity index (χ2n) is 7.33. The summed E-state index contributed by atoms with van der Waals surface area (Å²) in [5.41, 5.74) is 4.39. The fraction of sp³-hybridized carbons (Fsp3) is 0.115. The molecule has 0 bridgehead atoms. The third-order valence-electron chi connectivity index (χ3n) is 5.20. The zero-order valence-corrected chi connectivity index (χ0v) is 17.6. The van der Waals surface area contributed by atoms with E-state index in [4.69, 9.17) is 0 Å². The molecule has 4 aromatic rings. The Balaban J connectivity index is 1.72. The number of phenols is 2. The highest BCUT2D eigenvalue weighted by Gasteiger charge is 2.22. The Hall–Kier alpha value is -4.19. The molecule has 6 nitrogen and oxygen atoms in total. The molecule has 0 aliphatic carbocycles. The van der Waals surface area contributed by atoms with Gasteiger partial charge in [0.15, 0.2) is 0 Å². The molecule has 1 amide bonds. The number of anilines is 1. The summed E-state index contributed by atoms with van der Waals surface area (Å²) in [6.45, 7) is 2.36. The minimum Gasteiger partial charge on any atom is -0.508 e. The number of aromatic hydroxyl groups is 2. The molecule has 2 N–H and O–H groups in total. The first kappa shape index (κ1) is 21.1. The van der Waals surface area contributed by atoms with Gasteiger partial charge in [0.05, 0.1) is 23.5 Å². The molecule has 0 saturated heterocycles. The first-order chi connectivity index (χ1) is 15.6. The Morgan fingerprint density at radius 2 is 1.62 bits per heavy atom. The average Bonchev–Trinajstić information content (AvgIpc) is 2.83. The van der Waals surface area contributed by atoms with Gasteiger partial charge in [0.2, 0.25) is 0 Å². The number of carbonyl (C=O) groups is 1. The van der Waals surface area contributed by atoms with Gasteiger partial charge in [0, 0.05) is 29.7 Å². The van der Waals surface area contributed by atoms with Crippen molar-refractivity contribution >= 4 is 11.6 Å². The molecule has 160 valence electrons. The van der Waals surface area contributed by atoms with Crippen molar-refractivity contribution in [2.45, 2.75) is 19.9 Å². The second kappa shape index (κ2) is 9.31. The van der Waals surface area contributed by atoms with Gasteiger partial charge < -0.3 is 15.1 Å². The standard InChI is InChI=1S/C26H23N3O3/c1-2-23-25(28-15-14-27-23)19-8-10-20(11-9-19)29(17-18-6-4-3-5-7-18)26(32)22-13-12-21(30)16-24(22)31/h3-16,30-31H,2,17H2,1H3. The van der Waals surface area contributed by atoms with Gasteiger partial charge in [-0.2, -0.15) is 0 Å². The molecule has 0 fully saturated rings. The zero-order chi connectivity index (χ0) is 22.5. The number of phenolic OH excluding ortho intramolecular Hbond substituents is 2. The van der Waals surface area contributed by atoms with Crippen molar-refractivity contribution < 1.29 is 15.0 Å².